The first kappa shape index (κ1) is 8.86. The maximum Gasteiger partial charge on any atom is 0.124 e. The largest absolute Gasteiger partial charge is 0.242 e. The van der Waals surface area contributed by atoms with Gasteiger partial charge in [-0.1, -0.05) is 11.6 Å². The number of hydrogen-bond acceptors (Lipinski definition) is 2. The summed E-state index contributed by atoms with van der Waals surface area (Å²) in [5.74, 6) is 0. The number of pyridine rings is 1. The molecule has 0 aliphatic rings. The molecule has 2 heteroatoms. The molecule has 0 bridgehead atoms. The average molecular weight is 213 g/mol. The lowest BCUT2D eigenvalue weighted by molar-refractivity contribution is 1.27. The van der Waals surface area contributed by atoms with Gasteiger partial charge in [0, 0.05) is 21.2 Å². The number of thiophene rings is 1. The third kappa shape index (κ3) is 1.33. The molecule has 3 aromatic rings. The molecular weight excluding hydrogens is 202 g/mol. The van der Waals surface area contributed by atoms with E-state index in [9.17, 15) is 0 Å². The Bertz CT molecular complexity index is 652. The van der Waals surface area contributed by atoms with Crippen LogP contribution in [0.5, 0.6) is 0 Å². The summed E-state index contributed by atoms with van der Waals surface area (Å²) in [5, 5.41) is 2.62. The number of rotatable bonds is 0. The van der Waals surface area contributed by atoms with Crippen molar-refractivity contribution in [1.29, 1.82) is 0 Å². The zero-order chi connectivity index (χ0) is 10.4. The van der Waals surface area contributed by atoms with Crippen LogP contribution in [0.15, 0.2) is 30.3 Å². The Morgan fingerprint density at radius 1 is 1.00 bits per heavy atom. The van der Waals surface area contributed by atoms with Gasteiger partial charge in [0.2, 0.25) is 0 Å². The maximum absolute atomic E-state index is 4.56. The first-order valence-electron chi connectivity index (χ1n) is 5.00. The first-order valence-corrected chi connectivity index (χ1v) is 5.82. The van der Waals surface area contributed by atoms with Crippen molar-refractivity contribution in [3.63, 3.8) is 0 Å². The average Bonchev–Trinajstić information content (AvgIpc) is 2.54. The third-order valence-electron chi connectivity index (χ3n) is 2.63. The molecule has 15 heavy (non-hydrogen) atoms. The van der Waals surface area contributed by atoms with Gasteiger partial charge in [-0.3, -0.25) is 0 Å². The van der Waals surface area contributed by atoms with Crippen LogP contribution in [-0.4, -0.2) is 4.98 Å². The minimum atomic E-state index is 1.09. The molecule has 2 aromatic heterocycles. The number of aryl methyl sites for hydroxylation is 2. The molecule has 0 fully saturated rings. The highest BCUT2D eigenvalue weighted by molar-refractivity contribution is 7.25. The zero-order valence-electron chi connectivity index (χ0n) is 8.74. The summed E-state index contributed by atoms with van der Waals surface area (Å²) < 4.78 is 1.33. The topological polar surface area (TPSA) is 12.9 Å². The fourth-order valence-electron chi connectivity index (χ4n) is 1.86. The number of hydrogen-bond donors (Lipinski definition) is 0. The van der Waals surface area contributed by atoms with E-state index < -0.39 is 0 Å². The molecule has 0 aliphatic heterocycles. The second kappa shape index (κ2) is 3.04. The molecule has 2 heterocycles. The summed E-state index contributed by atoms with van der Waals surface area (Å²) in [7, 11) is 0. The minimum absolute atomic E-state index is 1.09. The van der Waals surface area contributed by atoms with E-state index in [2.05, 4.69) is 42.2 Å². The van der Waals surface area contributed by atoms with Gasteiger partial charge < -0.3 is 0 Å². The summed E-state index contributed by atoms with van der Waals surface area (Å²) in [6, 6.07) is 10.8. The van der Waals surface area contributed by atoms with Crippen molar-refractivity contribution in [2.24, 2.45) is 0 Å². The Morgan fingerprint density at radius 3 is 2.73 bits per heavy atom. The molecule has 3 rings (SSSR count). The lowest BCUT2D eigenvalue weighted by Gasteiger charge is -1.94. The van der Waals surface area contributed by atoms with Gasteiger partial charge in [0.25, 0.3) is 0 Å². The summed E-state index contributed by atoms with van der Waals surface area (Å²) in [5.41, 5.74) is 2.40. The first-order chi connectivity index (χ1) is 7.24. The van der Waals surface area contributed by atoms with Crippen LogP contribution in [0.4, 0.5) is 0 Å². The van der Waals surface area contributed by atoms with Crippen molar-refractivity contribution in [3.8, 4) is 0 Å². The van der Waals surface area contributed by atoms with Gasteiger partial charge in [0.1, 0.15) is 4.83 Å². The third-order valence-corrected chi connectivity index (χ3v) is 3.71. The molecule has 1 nitrogen and oxygen atoms in total. The Labute approximate surface area is 92.4 Å². The normalized spacial score (nSPS) is 11.3. The van der Waals surface area contributed by atoms with Gasteiger partial charge in [0.05, 0.1) is 0 Å². The van der Waals surface area contributed by atoms with Crippen molar-refractivity contribution in [2.75, 3.05) is 0 Å². The molecule has 0 amide bonds. The van der Waals surface area contributed by atoms with Gasteiger partial charge in [0.15, 0.2) is 0 Å². The Hall–Kier alpha value is -1.41. The van der Waals surface area contributed by atoms with Gasteiger partial charge in [-0.05, 0) is 38.1 Å². The van der Waals surface area contributed by atoms with Gasteiger partial charge in [-0.15, -0.1) is 11.3 Å². The number of aromatic nitrogens is 1. The van der Waals surface area contributed by atoms with Crippen molar-refractivity contribution in [2.45, 2.75) is 13.8 Å². The Morgan fingerprint density at radius 2 is 1.87 bits per heavy atom. The predicted molar refractivity (Wildman–Crippen MR) is 66.6 cm³/mol. The monoisotopic (exact) mass is 213 g/mol. The number of benzene rings is 1. The highest BCUT2D eigenvalue weighted by Gasteiger charge is 2.05. The molecular formula is C13H11NS. The summed E-state index contributed by atoms with van der Waals surface area (Å²) in [6.45, 7) is 4.17. The van der Waals surface area contributed by atoms with Crippen molar-refractivity contribution in [3.05, 3.63) is 41.6 Å². The van der Waals surface area contributed by atoms with Crippen LogP contribution in [0.25, 0.3) is 20.3 Å². The van der Waals surface area contributed by atoms with E-state index in [1.807, 2.05) is 6.92 Å². The quantitative estimate of drug-likeness (QED) is 0.548. The molecule has 74 valence electrons. The van der Waals surface area contributed by atoms with Crippen LogP contribution in [-0.2, 0) is 0 Å². The van der Waals surface area contributed by atoms with E-state index in [0.29, 0.717) is 0 Å². The second-order valence-electron chi connectivity index (χ2n) is 3.91. The molecule has 0 spiro atoms. The molecule has 0 N–H and O–H groups in total. The summed E-state index contributed by atoms with van der Waals surface area (Å²) in [4.78, 5) is 5.71. The molecule has 0 atom stereocenters. The van der Waals surface area contributed by atoms with Crippen LogP contribution in [0.1, 0.15) is 11.3 Å². The Kier molecular flexibility index (Phi) is 1.80. The van der Waals surface area contributed by atoms with Crippen molar-refractivity contribution in [1.82, 2.24) is 4.98 Å². The van der Waals surface area contributed by atoms with E-state index in [1.165, 1.54) is 21.0 Å². The summed E-state index contributed by atoms with van der Waals surface area (Å²) in [6.07, 6.45) is 0. The van der Waals surface area contributed by atoms with E-state index >= 15 is 0 Å². The lowest BCUT2D eigenvalue weighted by atomic mass is 10.1. The van der Waals surface area contributed by atoms with Crippen LogP contribution in [0, 0.1) is 13.8 Å². The molecule has 0 aliphatic carbocycles. The lowest BCUT2D eigenvalue weighted by Crippen LogP contribution is -1.77. The Balaban J connectivity index is 2.53. The van der Waals surface area contributed by atoms with Gasteiger partial charge in [-0.2, -0.15) is 0 Å². The van der Waals surface area contributed by atoms with Crippen LogP contribution in [0.3, 0.4) is 0 Å². The van der Waals surface area contributed by atoms with E-state index in [4.69, 9.17) is 0 Å². The predicted octanol–water partition coefficient (Wildman–Crippen LogP) is 4.07. The molecule has 1 aromatic carbocycles. The van der Waals surface area contributed by atoms with E-state index in [-0.39, 0.29) is 0 Å². The minimum Gasteiger partial charge on any atom is -0.242 e. The second-order valence-corrected chi connectivity index (χ2v) is 4.94. The molecule has 0 saturated heterocycles. The molecule has 0 unspecified atom stereocenters. The molecule has 0 radical (unpaired) electrons. The van der Waals surface area contributed by atoms with Crippen molar-refractivity contribution >= 4 is 31.6 Å². The highest BCUT2D eigenvalue weighted by Crippen LogP contribution is 2.32. The molecule has 0 saturated carbocycles. The van der Waals surface area contributed by atoms with Crippen LogP contribution >= 0.6 is 11.3 Å². The maximum atomic E-state index is 4.56. The smallest absolute Gasteiger partial charge is 0.124 e. The van der Waals surface area contributed by atoms with Crippen LogP contribution in [0.2, 0.25) is 0 Å². The van der Waals surface area contributed by atoms with Crippen molar-refractivity contribution < 1.29 is 0 Å². The van der Waals surface area contributed by atoms with Gasteiger partial charge in [-0.25, -0.2) is 4.98 Å². The SMILES string of the molecule is Cc1ccc2sc3nc(C)ccc3c2c1. The fraction of sp³-hybridized carbons (Fsp3) is 0.154. The van der Waals surface area contributed by atoms with E-state index in [1.54, 1.807) is 11.3 Å². The van der Waals surface area contributed by atoms with E-state index in [0.717, 1.165) is 10.5 Å². The highest BCUT2D eigenvalue weighted by atomic mass is 32.1. The van der Waals surface area contributed by atoms with Gasteiger partial charge >= 0.3 is 0 Å². The zero-order valence-corrected chi connectivity index (χ0v) is 9.56. The standard InChI is InChI=1S/C13H11NS/c1-8-3-6-12-11(7-8)10-5-4-9(2)14-13(10)15-12/h3-7H,1-2H3. The fourth-order valence-corrected chi connectivity index (χ4v) is 2.96. The summed E-state index contributed by atoms with van der Waals surface area (Å²) >= 11 is 1.77. The number of fused-ring (bicyclic) bond motifs is 3. The van der Waals surface area contributed by atoms with Crippen LogP contribution < -0.4 is 0 Å². The number of nitrogens with zero attached hydrogens (tertiary/aromatic N) is 1.